The van der Waals surface area contributed by atoms with E-state index in [4.69, 9.17) is 48.5 Å². The van der Waals surface area contributed by atoms with E-state index in [1.54, 1.807) is 0 Å². The summed E-state index contributed by atoms with van der Waals surface area (Å²) in [5.41, 5.74) is 0. The van der Waals surface area contributed by atoms with Crippen LogP contribution in [0.2, 0.25) is 0 Å². The minimum Gasteiger partial charge on any atom is -0.481 e. The Morgan fingerprint density at radius 1 is 0.444 bits per heavy atom. The third-order valence-electron chi connectivity index (χ3n) is 6.36. The van der Waals surface area contributed by atoms with Crippen LogP contribution in [0.5, 0.6) is 0 Å². The summed E-state index contributed by atoms with van der Waals surface area (Å²) < 4.78 is 36.7. The lowest BCUT2D eigenvalue weighted by Crippen LogP contribution is -2.14. The van der Waals surface area contributed by atoms with Gasteiger partial charge in [-0.2, -0.15) is 0 Å². The normalized spacial score (nSPS) is 11.3. The van der Waals surface area contributed by atoms with Crippen LogP contribution in [-0.4, -0.2) is 127 Å². The van der Waals surface area contributed by atoms with E-state index in [0.717, 1.165) is 12.8 Å². The summed E-state index contributed by atoms with van der Waals surface area (Å²) in [5, 5.41) is 25.5. The number of hydrogen-bond acceptors (Lipinski definition) is 10. The number of hydrogen-bond donors (Lipinski definition) is 3. The first-order valence-corrected chi connectivity index (χ1v) is 17.3. The van der Waals surface area contributed by atoms with Gasteiger partial charge in [-0.25, -0.2) is 0 Å². The Morgan fingerprint density at radius 3 is 1.04 bits per heavy atom. The predicted octanol–water partition coefficient (Wildman–Crippen LogP) is 5.20. The van der Waals surface area contributed by atoms with Gasteiger partial charge in [-0.05, 0) is 32.1 Å². The predicted molar refractivity (Wildman–Crippen MR) is 177 cm³/mol. The Bertz CT molecular complexity index is 542. The number of ether oxygens (including phenoxy) is 7. The topological polar surface area (TPSA) is 142 Å². The van der Waals surface area contributed by atoms with Crippen LogP contribution in [0.25, 0.3) is 0 Å². The molecule has 0 bridgehead atoms. The van der Waals surface area contributed by atoms with Gasteiger partial charge in [0.25, 0.3) is 0 Å². The molecule has 0 saturated heterocycles. The van der Waals surface area contributed by atoms with Crippen LogP contribution in [0, 0.1) is 0 Å². The van der Waals surface area contributed by atoms with Gasteiger partial charge in [0, 0.05) is 6.42 Å². The summed E-state index contributed by atoms with van der Waals surface area (Å²) in [5.74, 6) is -0.664. The highest BCUT2D eigenvalue weighted by Crippen LogP contribution is 2.09. The molecule has 3 N–H and O–H groups in total. The van der Waals surface area contributed by atoms with E-state index in [2.05, 4.69) is 19.1 Å². The summed E-state index contributed by atoms with van der Waals surface area (Å²) in [7, 11) is 0. The summed E-state index contributed by atoms with van der Waals surface area (Å²) in [4.78, 5) is 10.3. The lowest BCUT2D eigenvalue weighted by Gasteiger charge is -2.08. The van der Waals surface area contributed by atoms with Crippen LogP contribution in [0.15, 0.2) is 12.2 Å². The van der Waals surface area contributed by atoms with Crippen molar-refractivity contribution in [3.8, 4) is 0 Å². The van der Waals surface area contributed by atoms with E-state index in [9.17, 15) is 4.79 Å². The number of aliphatic hydroxyl groups is 2. The fraction of sp³-hybridized carbons (Fsp3) is 0.912. The fourth-order valence-electron chi connectivity index (χ4n) is 3.90. The largest absolute Gasteiger partial charge is 0.481 e. The summed E-state index contributed by atoms with van der Waals surface area (Å²) in [6.45, 7) is 9.06. The zero-order chi connectivity index (χ0) is 33.2. The van der Waals surface area contributed by atoms with Gasteiger partial charge in [0.2, 0.25) is 0 Å². The maximum absolute atomic E-state index is 10.3. The maximum Gasteiger partial charge on any atom is 0.303 e. The first kappa shape index (κ1) is 46.0. The molecular formula is C34H68O11. The standard InChI is InChI=1S/C18H34O2.C16H34O9/c1-2-3-4-5-6-7-8-9-10-11-12-13-14-15-16-17-18(19)20;17-1-3-19-5-7-21-9-11-23-13-15-25-16-14-24-12-10-22-8-6-20-4-2-18/h9-10H,2-8,11-17H2,1H3,(H,19,20);17-18H,1-16H2. The fourth-order valence-corrected chi connectivity index (χ4v) is 3.90. The molecule has 0 unspecified atom stereocenters. The molecule has 0 aromatic carbocycles. The molecule has 11 heteroatoms. The number of rotatable bonds is 37. The molecule has 0 aliphatic carbocycles. The van der Waals surface area contributed by atoms with Gasteiger partial charge in [0.15, 0.2) is 0 Å². The van der Waals surface area contributed by atoms with E-state index in [0.29, 0.717) is 98.9 Å². The smallest absolute Gasteiger partial charge is 0.303 e. The third kappa shape index (κ3) is 49.9. The van der Waals surface area contributed by atoms with Crippen LogP contribution in [-0.2, 0) is 38.0 Å². The first-order valence-electron chi connectivity index (χ1n) is 17.3. The van der Waals surface area contributed by atoms with Crippen LogP contribution < -0.4 is 0 Å². The molecule has 0 rings (SSSR count). The Hall–Kier alpha value is -1.15. The molecule has 0 aliphatic rings. The molecule has 0 amide bonds. The highest BCUT2D eigenvalue weighted by atomic mass is 16.6. The van der Waals surface area contributed by atoms with Gasteiger partial charge in [-0.3, -0.25) is 4.79 Å². The van der Waals surface area contributed by atoms with E-state index in [1.165, 1.54) is 70.6 Å². The van der Waals surface area contributed by atoms with Crippen molar-refractivity contribution in [3.63, 3.8) is 0 Å². The zero-order valence-electron chi connectivity index (χ0n) is 28.5. The van der Waals surface area contributed by atoms with Crippen molar-refractivity contribution < 1.29 is 53.3 Å². The molecule has 45 heavy (non-hydrogen) atoms. The molecule has 270 valence electrons. The molecule has 11 nitrogen and oxygen atoms in total. The molecule has 0 aliphatic heterocycles. The van der Waals surface area contributed by atoms with Crippen molar-refractivity contribution >= 4 is 5.97 Å². The van der Waals surface area contributed by atoms with Gasteiger partial charge in [-0.15, -0.1) is 0 Å². The third-order valence-corrected chi connectivity index (χ3v) is 6.36. The summed E-state index contributed by atoms with van der Waals surface area (Å²) in [6.07, 6.45) is 21.2. The highest BCUT2D eigenvalue weighted by Gasteiger charge is 1.97. The zero-order valence-corrected chi connectivity index (χ0v) is 28.5. The molecule has 0 fully saturated rings. The van der Waals surface area contributed by atoms with E-state index < -0.39 is 5.97 Å². The molecule has 0 atom stereocenters. The molecule has 0 heterocycles. The molecular weight excluding hydrogens is 584 g/mol. The van der Waals surface area contributed by atoms with Crippen LogP contribution in [0.1, 0.15) is 96.8 Å². The average molecular weight is 653 g/mol. The monoisotopic (exact) mass is 652 g/mol. The SMILES string of the molecule is CCCCCCCCC=CCCCCCCCC(=O)O.OCCOCCOCCOCCOCCOCCOCCOCCO. The highest BCUT2D eigenvalue weighted by molar-refractivity contribution is 5.66. The van der Waals surface area contributed by atoms with Crippen molar-refractivity contribution in [2.75, 3.05) is 106 Å². The van der Waals surface area contributed by atoms with Gasteiger partial charge in [0.05, 0.1) is 106 Å². The second kappa shape index (κ2) is 45.0. The van der Waals surface area contributed by atoms with Crippen LogP contribution in [0.3, 0.4) is 0 Å². The van der Waals surface area contributed by atoms with Gasteiger partial charge >= 0.3 is 5.97 Å². The summed E-state index contributed by atoms with van der Waals surface area (Å²) >= 11 is 0. The Morgan fingerprint density at radius 2 is 0.733 bits per heavy atom. The number of unbranched alkanes of at least 4 members (excludes halogenated alkanes) is 11. The van der Waals surface area contributed by atoms with Crippen LogP contribution in [0.4, 0.5) is 0 Å². The van der Waals surface area contributed by atoms with Crippen molar-refractivity contribution in [1.82, 2.24) is 0 Å². The molecule has 0 aromatic rings. The van der Waals surface area contributed by atoms with Gasteiger partial charge < -0.3 is 48.5 Å². The number of carbonyl (C=O) groups is 1. The van der Waals surface area contributed by atoms with E-state index >= 15 is 0 Å². The Labute approximate surface area is 273 Å². The molecule has 0 radical (unpaired) electrons. The quantitative estimate of drug-likeness (QED) is 0.0602. The minimum atomic E-state index is -0.664. The lowest BCUT2D eigenvalue weighted by molar-refractivity contribution is -0.137. The van der Waals surface area contributed by atoms with Crippen molar-refractivity contribution in [1.29, 1.82) is 0 Å². The Balaban J connectivity index is 0. The summed E-state index contributed by atoms with van der Waals surface area (Å²) in [6, 6.07) is 0. The van der Waals surface area contributed by atoms with Crippen molar-refractivity contribution in [2.45, 2.75) is 96.8 Å². The minimum absolute atomic E-state index is 0.0312. The average Bonchev–Trinajstić information content (AvgIpc) is 3.04. The van der Waals surface area contributed by atoms with Gasteiger partial charge in [-0.1, -0.05) is 70.4 Å². The molecule has 0 saturated carbocycles. The number of carboxylic acid groups (broad SMARTS) is 1. The van der Waals surface area contributed by atoms with E-state index in [1.807, 2.05) is 0 Å². The van der Waals surface area contributed by atoms with Crippen LogP contribution >= 0.6 is 0 Å². The van der Waals surface area contributed by atoms with Gasteiger partial charge in [0.1, 0.15) is 0 Å². The van der Waals surface area contributed by atoms with Crippen molar-refractivity contribution in [3.05, 3.63) is 12.2 Å². The molecule has 0 spiro atoms. The Kier molecular flexibility index (Phi) is 45.9. The second-order valence-corrected chi connectivity index (χ2v) is 10.5. The first-order chi connectivity index (χ1) is 22.2. The number of aliphatic carboxylic acids is 1. The number of allylic oxidation sites excluding steroid dienone is 2. The number of aliphatic hydroxyl groups excluding tert-OH is 2. The second-order valence-electron chi connectivity index (χ2n) is 10.5. The maximum atomic E-state index is 10.3. The molecule has 0 aromatic heterocycles. The lowest BCUT2D eigenvalue weighted by atomic mass is 10.1. The van der Waals surface area contributed by atoms with E-state index in [-0.39, 0.29) is 13.2 Å². The number of carboxylic acids is 1. The van der Waals surface area contributed by atoms with Crippen molar-refractivity contribution in [2.24, 2.45) is 0 Å².